The molecule has 0 heterocycles. The van der Waals surface area contributed by atoms with Crippen molar-refractivity contribution in [1.82, 2.24) is 0 Å². The van der Waals surface area contributed by atoms with Gasteiger partial charge in [0.15, 0.2) is 0 Å². The second-order valence-corrected chi connectivity index (χ2v) is 5.01. The van der Waals surface area contributed by atoms with E-state index in [1.165, 1.54) is 18.9 Å². The largest absolute Gasteiger partial charge is 0.480 e. The van der Waals surface area contributed by atoms with Crippen LogP contribution in [0.4, 0.5) is 0 Å². The first-order valence-electron chi connectivity index (χ1n) is 5.74. The van der Waals surface area contributed by atoms with Gasteiger partial charge in [-0.2, -0.15) is 11.8 Å². The van der Waals surface area contributed by atoms with Crippen LogP contribution in [0, 0.1) is 0 Å². The number of thioether (sulfide) groups is 1. The number of rotatable bonds is 7. The number of carboxylic acids is 1. The predicted octanol–water partition coefficient (Wildman–Crippen LogP) is 1.05. The summed E-state index contributed by atoms with van der Waals surface area (Å²) in [6, 6.07) is 6.66. The number of aliphatic carboxylic acids is 1. The lowest BCUT2D eigenvalue weighted by molar-refractivity contribution is -0.140. The summed E-state index contributed by atoms with van der Waals surface area (Å²) in [6.07, 6.45) is 0.220. The molecular formula is C13H17NO4S. The van der Waals surface area contributed by atoms with Crippen LogP contribution in [0.3, 0.4) is 0 Å². The SMILES string of the molecule is COC(=O)Cc1ccccc1CSC[C@H](N)C(=O)O. The molecule has 0 radical (unpaired) electrons. The van der Waals surface area contributed by atoms with Crippen molar-refractivity contribution in [2.45, 2.75) is 18.2 Å². The maximum atomic E-state index is 11.3. The van der Waals surface area contributed by atoms with Gasteiger partial charge in [-0.25, -0.2) is 0 Å². The zero-order chi connectivity index (χ0) is 14.3. The summed E-state index contributed by atoms with van der Waals surface area (Å²) >= 11 is 1.43. The third kappa shape index (κ3) is 5.32. The second kappa shape index (κ2) is 7.81. The fourth-order valence-electron chi connectivity index (χ4n) is 1.47. The van der Waals surface area contributed by atoms with Crippen LogP contribution in [-0.4, -0.2) is 35.9 Å². The van der Waals surface area contributed by atoms with Crippen molar-refractivity contribution in [3.05, 3.63) is 35.4 Å². The molecule has 0 fully saturated rings. The molecule has 1 aromatic rings. The first-order chi connectivity index (χ1) is 9.04. The van der Waals surface area contributed by atoms with Gasteiger partial charge < -0.3 is 15.6 Å². The lowest BCUT2D eigenvalue weighted by atomic mass is 10.1. The van der Waals surface area contributed by atoms with Crippen molar-refractivity contribution in [2.24, 2.45) is 5.73 Å². The monoisotopic (exact) mass is 283 g/mol. The number of hydrogen-bond acceptors (Lipinski definition) is 5. The van der Waals surface area contributed by atoms with Crippen LogP contribution >= 0.6 is 11.8 Å². The molecule has 0 aromatic heterocycles. The molecule has 0 aliphatic rings. The molecule has 1 atom stereocenters. The molecule has 0 spiro atoms. The minimum atomic E-state index is -1.00. The van der Waals surface area contributed by atoms with E-state index in [-0.39, 0.29) is 12.4 Å². The van der Waals surface area contributed by atoms with E-state index in [1.807, 2.05) is 24.3 Å². The standard InChI is InChI=1S/C13H17NO4S/c1-18-12(15)6-9-4-2-3-5-10(9)7-19-8-11(14)13(16)17/h2-5,11H,6-8,14H2,1H3,(H,16,17)/t11-/m0/s1. The van der Waals surface area contributed by atoms with Crippen LogP contribution in [0.15, 0.2) is 24.3 Å². The molecular weight excluding hydrogens is 266 g/mol. The van der Waals surface area contributed by atoms with Crippen molar-refractivity contribution < 1.29 is 19.4 Å². The summed E-state index contributed by atoms with van der Waals surface area (Å²) in [4.78, 5) is 21.9. The van der Waals surface area contributed by atoms with E-state index in [2.05, 4.69) is 4.74 Å². The third-order valence-electron chi connectivity index (χ3n) is 2.55. The number of hydrogen-bond donors (Lipinski definition) is 2. The summed E-state index contributed by atoms with van der Waals surface area (Å²) in [5.74, 6) is -0.342. The van der Waals surface area contributed by atoms with Crippen molar-refractivity contribution in [1.29, 1.82) is 0 Å². The summed E-state index contributed by atoms with van der Waals surface area (Å²) < 4.78 is 4.64. The highest BCUT2D eigenvalue weighted by atomic mass is 32.2. The first kappa shape index (κ1) is 15.5. The van der Waals surface area contributed by atoms with E-state index in [1.54, 1.807) is 0 Å². The molecule has 0 bridgehead atoms. The minimum absolute atomic E-state index is 0.220. The molecule has 3 N–H and O–H groups in total. The van der Waals surface area contributed by atoms with E-state index < -0.39 is 12.0 Å². The van der Waals surface area contributed by atoms with Gasteiger partial charge in [-0.15, -0.1) is 0 Å². The van der Waals surface area contributed by atoms with Gasteiger partial charge in [0.1, 0.15) is 6.04 Å². The zero-order valence-corrected chi connectivity index (χ0v) is 11.5. The van der Waals surface area contributed by atoms with E-state index in [0.717, 1.165) is 11.1 Å². The van der Waals surface area contributed by atoms with Crippen molar-refractivity contribution in [2.75, 3.05) is 12.9 Å². The molecule has 104 valence electrons. The summed E-state index contributed by atoms with van der Waals surface area (Å²) in [6.45, 7) is 0. The Balaban J connectivity index is 2.58. The molecule has 0 saturated carbocycles. The van der Waals surface area contributed by atoms with Gasteiger partial charge >= 0.3 is 11.9 Å². The zero-order valence-electron chi connectivity index (χ0n) is 10.7. The predicted molar refractivity (Wildman–Crippen MR) is 73.9 cm³/mol. The van der Waals surface area contributed by atoms with Gasteiger partial charge in [0, 0.05) is 11.5 Å². The molecule has 0 unspecified atom stereocenters. The van der Waals surface area contributed by atoms with E-state index in [9.17, 15) is 9.59 Å². The maximum absolute atomic E-state index is 11.3. The Morgan fingerprint density at radius 3 is 2.58 bits per heavy atom. The van der Waals surface area contributed by atoms with Gasteiger partial charge in [0.2, 0.25) is 0 Å². The van der Waals surface area contributed by atoms with E-state index in [0.29, 0.717) is 11.5 Å². The number of ether oxygens (including phenoxy) is 1. The number of carbonyl (C=O) groups is 2. The fraction of sp³-hybridized carbons (Fsp3) is 0.385. The maximum Gasteiger partial charge on any atom is 0.321 e. The quantitative estimate of drug-likeness (QED) is 0.727. The Labute approximate surface area is 116 Å². The number of nitrogens with two attached hydrogens (primary N) is 1. The molecule has 1 aromatic carbocycles. The van der Waals surface area contributed by atoms with Gasteiger partial charge in [0.25, 0.3) is 0 Å². The molecule has 5 nitrogen and oxygen atoms in total. The summed E-state index contributed by atoms with van der Waals surface area (Å²) in [5.41, 5.74) is 7.32. The average Bonchev–Trinajstić information content (AvgIpc) is 2.40. The molecule has 0 saturated heterocycles. The Kier molecular flexibility index (Phi) is 6.38. The van der Waals surface area contributed by atoms with Crippen LogP contribution in [0.1, 0.15) is 11.1 Å². The second-order valence-electron chi connectivity index (χ2n) is 3.98. The van der Waals surface area contributed by atoms with Crippen LogP contribution in [0.2, 0.25) is 0 Å². The van der Waals surface area contributed by atoms with E-state index in [4.69, 9.17) is 10.8 Å². The number of carbonyl (C=O) groups excluding carboxylic acids is 1. The van der Waals surface area contributed by atoms with Crippen molar-refractivity contribution in [3.8, 4) is 0 Å². The highest BCUT2D eigenvalue weighted by molar-refractivity contribution is 7.98. The van der Waals surface area contributed by atoms with Crippen LogP contribution in [-0.2, 0) is 26.5 Å². The normalized spacial score (nSPS) is 11.9. The molecule has 1 rings (SSSR count). The number of esters is 1. The van der Waals surface area contributed by atoms with Gasteiger partial charge in [-0.05, 0) is 11.1 Å². The number of methoxy groups -OCH3 is 1. The molecule has 0 aliphatic heterocycles. The molecule has 6 heteroatoms. The van der Waals surface area contributed by atoms with E-state index >= 15 is 0 Å². The smallest absolute Gasteiger partial charge is 0.321 e. The fourth-order valence-corrected chi connectivity index (χ4v) is 2.48. The van der Waals surface area contributed by atoms with Gasteiger partial charge in [0.05, 0.1) is 13.5 Å². The highest BCUT2D eigenvalue weighted by Gasteiger charge is 2.12. The molecule has 19 heavy (non-hydrogen) atoms. The van der Waals surface area contributed by atoms with Crippen molar-refractivity contribution >= 4 is 23.7 Å². The lowest BCUT2D eigenvalue weighted by Gasteiger charge is -2.09. The Morgan fingerprint density at radius 2 is 2.00 bits per heavy atom. The minimum Gasteiger partial charge on any atom is -0.480 e. The first-order valence-corrected chi connectivity index (χ1v) is 6.89. The van der Waals surface area contributed by atoms with Crippen molar-refractivity contribution in [3.63, 3.8) is 0 Å². The average molecular weight is 283 g/mol. The number of carboxylic acid groups (broad SMARTS) is 1. The Bertz CT molecular complexity index is 450. The molecule has 0 amide bonds. The molecule has 0 aliphatic carbocycles. The van der Waals surface area contributed by atoms with Crippen LogP contribution < -0.4 is 5.73 Å². The lowest BCUT2D eigenvalue weighted by Crippen LogP contribution is -2.32. The van der Waals surface area contributed by atoms with Crippen LogP contribution in [0.5, 0.6) is 0 Å². The highest BCUT2D eigenvalue weighted by Crippen LogP contribution is 2.18. The third-order valence-corrected chi connectivity index (χ3v) is 3.66. The summed E-state index contributed by atoms with van der Waals surface area (Å²) in [5, 5.41) is 8.69. The Hall–Kier alpha value is -1.53. The summed E-state index contributed by atoms with van der Waals surface area (Å²) in [7, 11) is 1.35. The van der Waals surface area contributed by atoms with Crippen LogP contribution in [0.25, 0.3) is 0 Å². The van der Waals surface area contributed by atoms with Gasteiger partial charge in [-0.3, -0.25) is 9.59 Å². The topological polar surface area (TPSA) is 89.6 Å². The van der Waals surface area contributed by atoms with Gasteiger partial charge in [-0.1, -0.05) is 24.3 Å². The number of benzene rings is 1. The Morgan fingerprint density at radius 1 is 1.37 bits per heavy atom.